The molecule has 15 nitrogen and oxygen atoms in total. The number of methoxy groups -OCH3 is 1. The molecule has 1 aromatic heterocycles. The van der Waals surface area contributed by atoms with Crippen LogP contribution >= 0.6 is 23.5 Å². The summed E-state index contributed by atoms with van der Waals surface area (Å²) in [7, 11) is -15.1. The molecule has 0 amide bonds. The van der Waals surface area contributed by atoms with Gasteiger partial charge in [0.15, 0.2) is 0 Å². The van der Waals surface area contributed by atoms with Crippen LogP contribution in [-0.2, 0) is 31.6 Å². The van der Waals surface area contributed by atoms with Crippen molar-refractivity contribution in [3.05, 3.63) is 22.7 Å². The minimum atomic E-state index is -5.60. The fraction of sp³-hybridized carbons (Fsp3) is 0.600. The minimum absolute atomic E-state index is 0.0319. The summed E-state index contributed by atoms with van der Waals surface area (Å²) in [5.41, 5.74) is 4.77. The van der Waals surface area contributed by atoms with Gasteiger partial charge in [0.2, 0.25) is 0 Å². The third kappa shape index (κ3) is 9.03. The maximum atomic E-state index is 11.8. The lowest BCUT2D eigenvalue weighted by molar-refractivity contribution is 0.0315. The highest BCUT2D eigenvalue weighted by Gasteiger charge is 2.41. The van der Waals surface area contributed by atoms with Crippen LogP contribution in [0.1, 0.15) is 19.4 Å². The van der Waals surface area contributed by atoms with Crippen LogP contribution in [0.15, 0.2) is 17.1 Å². The van der Waals surface area contributed by atoms with Gasteiger partial charge in [-0.05, 0) is 19.4 Å². The summed E-state index contributed by atoms with van der Waals surface area (Å²) in [4.78, 5) is 50.8. The lowest BCUT2D eigenvalue weighted by Crippen LogP contribution is -2.29. The molecular formula is C10H20N3O12P3. The zero-order valence-corrected chi connectivity index (χ0v) is 17.3. The van der Waals surface area contributed by atoms with Gasteiger partial charge in [-0.1, -0.05) is 0 Å². The Labute approximate surface area is 158 Å². The van der Waals surface area contributed by atoms with Gasteiger partial charge in [-0.2, -0.15) is 13.6 Å². The first kappa shape index (κ1) is 25.1. The van der Waals surface area contributed by atoms with E-state index in [0.717, 1.165) is 0 Å². The van der Waals surface area contributed by atoms with E-state index in [1.165, 1.54) is 23.9 Å². The molecule has 0 saturated carbocycles. The van der Waals surface area contributed by atoms with Crippen LogP contribution in [0.3, 0.4) is 0 Å². The van der Waals surface area contributed by atoms with Crippen molar-refractivity contribution in [2.24, 2.45) is 0 Å². The monoisotopic (exact) mass is 467 g/mol. The topological polar surface area (TPSA) is 230 Å². The van der Waals surface area contributed by atoms with Crippen molar-refractivity contribution in [3.63, 3.8) is 0 Å². The van der Waals surface area contributed by atoms with E-state index in [9.17, 15) is 23.4 Å². The normalized spacial score (nSPS) is 18.8. The van der Waals surface area contributed by atoms with Gasteiger partial charge < -0.3 is 30.0 Å². The zero-order valence-electron chi connectivity index (χ0n) is 14.6. The van der Waals surface area contributed by atoms with Crippen LogP contribution < -0.4 is 11.4 Å². The van der Waals surface area contributed by atoms with Gasteiger partial charge in [0.1, 0.15) is 5.82 Å². The Morgan fingerprint density at radius 1 is 1.18 bits per heavy atom. The Morgan fingerprint density at radius 2 is 1.79 bits per heavy atom. The Bertz CT molecular complexity index is 869. The highest BCUT2D eigenvalue weighted by molar-refractivity contribution is 7.66. The highest BCUT2D eigenvalue weighted by atomic mass is 31.3. The second-order valence-corrected chi connectivity index (χ2v) is 9.79. The number of phosphoric ester groups is 1. The molecule has 0 bridgehead atoms. The minimum Gasteiger partial charge on any atom is -0.383 e. The molecule has 0 fully saturated rings. The second-order valence-electron chi connectivity index (χ2n) is 5.37. The summed E-state index contributed by atoms with van der Waals surface area (Å²) in [5, 5.41) is 0. The predicted molar refractivity (Wildman–Crippen MR) is 92.9 cm³/mol. The lowest BCUT2D eigenvalue weighted by atomic mass is 10.1. The Balaban J connectivity index is 2.72. The molecule has 162 valence electrons. The van der Waals surface area contributed by atoms with Crippen LogP contribution in [-0.4, -0.2) is 48.9 Å². The van der Waals surface area contributed by atoms with Gasteiger partial charge in [-0.3, -0.25) is 9.09 Å². The number of nitrogens with two attached hydrogens (primary N) is 1. The van der Waals surface area contributed by atoms with E-state index in [0.29, 0.717) is 0 Å². The van der Waals surface area contributed by atoms with E-state index < -0.39 is 47.9 Å². The molecule has 0 spiro atoms. The first-order valence-electron chi connectivity index (χ1n) is 7.30. The first-order chi connectivity index (χ1) is 12.6. The number of hydrogen-bond acceptors (Lipinski definition) is 10. The van der Waals surface area contributed by atoms with Crippen LogP contribution in [0.25, 0.3) is 0 Å². The number of anilines is 1. The maximum absolute atomic E-state index is 11.8. The number of aromatic nitrogens is 2. The van der Waals surface area contributed by atoms with E-state index in [1.54, 1.807) is 6.92 Å². The number of ether oxygens (including phenoxy) is 1. The summed E-state index contributed by atoms with van der Waals surface area (Å²) in [6, 6.07) is 0.890. The van der Waals surface area contributed by atoms with Gasteiger partial charge >= 0.3 is 29.2 Å². The Morgan fingerprint density at radius 3 is 2.29 bits per heavy atom. The molecule has 28 heavy (non-hydrogen) atoms. The van der Waals surface area contributed by atoms with E-state index in [1.807, 2.05) is 0 Å². The first-order valence-corrected chi connectivity index (χ1v) is 11.8. The van der Waals surface area contributed by atoms with Gasteiger partial charge in [-0.25, -0.2) is 18.5 Å². The molecule has 0 aliphatic carbocycles. The van der Waals surface area contributed by atoms with Crippen molar-refractivity contribution in [3.8, 4) is 0 Å². The van der Waals surface area contributed by atoms with Crippen molar-refractivity contribution in [1.82, 2.24) is 9.55 Å². The van der Waals surface area contributed by atoms with Crippen molar-refractivity contribution in [2.45, 2.75) is 25.5 Å². The third-order valence-corrected chi connectivity index (χ3v) is 6.91. The van der Waals surface area contributed by atoms with E-state index >= 15 is 0 Å². The molecule has 0 radical (unpaired) electrons. The molecule has 1 aromatic rings. The van der Waals surface area contributed by atoms with Crippen LogP contribution in [0.4, 0.5) is 5.82 Å². The average Bonchev–Trinajstić information content (AvgIpc) is 2.47. The average molecular weight is 467 g/mol. The molecule has 4 unspecified atom stereocenters. The highest BCUT2D eigenvalue weighted by Crippen LogP contribution is 2.66. The molecule has 0 aromatic carbocycles. The summed E-state index contributed by atoms with van der Waals surface area (Å²) < 4.78 is 51.5. The third-order valence-electron chi connectivity index (χ3n) is 3.10. The molecule has 1 rings (SSSR count). The van der Waals surface area contributed by atoms with Gasteiger partial charge in [-0.15, -0.1) is 0 Å². The van der Waals surface area contributed by atoms with Crippen LogP contribution in [0, 0.1) is 0 Å². The number of nitrogens with zero attached hydrogens (tertiary/aromatic N) is 2. The summed E-state index contributed by atoms with van der Waals surface area (Å²) >= 11 is 0. The van der Waals surface area contributed by atoms with E-state index in [-0.39, 0.29) is 12.2 Å². The summed E-state index contributed by atoms with van der Waals surface area (Å²) in [6.45, 7) is 0.984. The van der Waals surface area contributed by atoms with Crippen molar-refractivity contribution >= 4 is 29.3 Å². The van der Waals surface area contributed by atoms with Crippen molar-refractivity contribution in [1.29, 1.82) is 0 Å². The molecule has 4 atom stereocenters. The second kappa shape index (κ2) is 9.70. The molecular weight excluding hydrogens is 447 g/mol. The van der Waals surface area contributed by atoms with Gasteiger partial charge in [0.05, 0.1) is 12.7 Å². The smallest absolute Gasteiger partial charge is 0.383 e. The molecule has 0 saturated heterocycles. The number of nitrogen functional groups attached to an aromatic ring is 1. The summed E-state index contributed by atoms with van der Waals surface area (Å²) in [5.74, 6) is 0.0319. The van der Waals surface area contributed by atoms with Gasteiger partial charge in [0.25, 0.3) is 0 Å². The predicted octanol–water partition coefficient (Wildman–Crippen LogP) is 0.135. The standard InChI is InChI=1S/C10H20N3O12P3/c1-7(13-4-3-9(11)12-10(13)14)5-8(22-2)6-23-27(18,19)25-28(20,21)24-26(15,16)17/h3-4,7-8H,5-6H2,1-2H3,(H,18,19)(H,20,21)(H2,11,12,14)(H2,15,16,17). The zero-order chi connectivity index (χ0) is 21.8. The quantitative estimate of drug-likeness (QED) is 0.273. The Hall–Kier alpha value is -0.950. The summed E-state index contributed by atoms with van der Waals surface area (Å²) in [6.07, 6.45) is 0.589. The number of hydrogen-bond donors (Lipinski definition) is 5. The fourth-order valence-corrected chi connectivity index (χ4v) is 5.02. The largest absolute Gasteiger partial charge is 0.490 e. The molecule has 18 heteroatoms. The molecule has 1 heterocycles. The molecule has 0 aliphatic rings. The SMILES string of the molecule is COC(COP(=O)(O)OP(=O)(O)OP(=O)(O)O)CC(C)n1ccc(N)nc1=O. The fourth-order valence-electron chi connectivity index (χ4n) is 1.97. The molecule has 0 aliphatic heterocycles. The number of rotatable bonds is 11. The molecule has 6 N–H and O–H groups in total. The maximum Gasteiger partial charge on any atom is 0.490 e. The van der Waals surface area contributed by atoms with Crippen LogP contribution in [0.5, 0.6) is 0 Å². The lowest BCUT2D eigenvalue weighted by Gasteiger charge is -2.22. The Kier molecular flexibility index (Phi) is 8.69. The van der Waals surface area contributed by atoms with E-state index in [2.05, 4.69) is 18.1 Å². The van der Waals surface area contributed by atoms with Gasteiger partial charge in [0, 0.05) is 19.3 Å². The van der Waals surface area contributed by atoms with Crippen LogP contribution in [0.2, 0.25) is 0 Å². The van der Waals surface area contributed by atoms with E-state index in [4.69, 9.17) is 25.2 Å². The number of phosphoric acid groups is 3. The van der Waals surface area contributed by atoms with Crippen molar-refractivity contribution in [2.75, 3.05) is 19.5 Å². The van der Waals surface area contributed by atoms with Crippen molar-refractivity contribution < 1.29 is 51.2 Å².